The number of hydrogen-bond acceptors (Lipinski definition) is 6. The van der Waals surface area contributed by atoms with Crippen molar-refractivity contribution in [3.63, 3.8) is 0 Å². The number of amides is 3. The molecular weight excluding hydrogens is 555 g/mol. The Morgan fingerprint density at radius 3 is 2.40 bits per heavy atom. The summed E-state index contributed by atoms with van der Waals surface area (Å²) in [6.45, 7) is 6.27. The van der Waals surface area contributed by atoms with Gasteiger partial charge in [0, 0.05) is 6.54 Å². The number of carbonyl (C=O) groups excluding carboxylic acids is 3. The number of carbonyl (C=O) groups is 3. The highest BCUT2D eigenvalue weighted by Crippen LogP contribution is 2.30. The molecular formula is C29H30Cl2N4O5. The molecule has 0 aliphatic heterocycles. The van der Waals surface area contributed by atoms with Crippen LogP contribution in [0.15, 0.2) is 65.8 Å². The maximum absolute atomic E-state index is 12.3. The Labute approximate surface area is 242 Å². The van der Waals surface area contributed by atoms with E-state index in [1.165, 1.54) is 11.8 Å². The van der Waals surface area contributed by atoms with Gasteiger partial charge in [0.25, 0.3) is 5.91 Å². The molecule has 0 radical (unpaired) electrons. The first-order valence-electron chi connectivity index (χ1n) is 12.5. The minimum absolute atomic E-state index is 0.220. The molecule has 40 heavy (non-hydrogen) atoms. The molecule has 0 bridgehead atoms. The van der Waals surface area contributed by atoms with Gasteiger partial charge in [0.05, 0.1) is 28.6 Å². The Morgan fingerprint density at radius 2 is 1.70 bits per heavy atom. The van der Waals surface area contributed by atoms with E-state index in [-0.39, 0.29) is 18.2 Å². The zero-order valence-corrected chi connectivity index (χ0v) is 23.8. The molecule has 0 unspecified atom stereocenters. The van der Waals surface area contributed by atoms with Crippen molar-refractivity contribution < 1.29 is 23.9 Å². The fourth-order valence-corrected chi connectivity index (χ4v) is 3.77. The summed E-state index contributed by atoms with van der Waals surface area (Å²) in [5.74, 6) is -1.03. The van der Waals surface area contributed by atoms with Crippen molar-refractivity contribution in [1.82, 2.24) is 10.7 Å². The van der Waals surface area contributed by atoms with Crippen LogP contribution in [0.5, 0.6) is 11.5 Å². The van der Waals surface area contributed by atoms with Gasteiger partial charge in [-0.2, -0.15) is 5.10 Å². The van der Waals surface area contributed by atoms with E-state index in [1.807, 2.05) is 24.3 Å². The SMILES string of the molecule is CCOc1cc(/C=N\NC(=O)C(=O)NCc2ccc(C(C)C)cc2)ccc1OCC(=O)Nc1cccc(Cl)c1Cl. The van der Waals surface area contributed by atoms with Gasteiger partial charge in [-0.25, -0.2) is 5.43 Å². The minimum atomic E-state index is -0.897. The highest BCUT2D eigenvalue weighted by Gasteiger charge is 2.13. The first-order valence-corrected chi connectivity index (χ1v) is 13.3. The Bertz CT molecular complexity index is 1380. The topological polar surface area (TPSA) is 118 Å². The Balaban J connectivity index is 1.52. The number of halogens is 2. The minimum Gasteiger partial charge on any atom is -0.490 e. The van der Waals surface area contributed by atoms with E-state index < -0.39 is 17.7 Å². The van der Waals surface area contributed by atoms with E-state index in [0.717, 1.165) is 5.56 Å². The lowest BCUT2D eigenvalue weighted by Gasteiger charge is -2.13. The van der Waals surface area contributed by atoms with Crippen LogP contribution in [-0.2, 0) is 20.9 Å². The van der Waals surface area contributed by atoms with Gasteiger partial charge in [0.2, 0.25) is 0 Å². The summed E-state index contributed by atoms with van der Waals surface area (Å²) in [6, 6.07) is 17.6. The molecule has 0 aliphatic carbocycles. The van der Waals surface area contributed by atoms with Gasteiger partial charge < -0.3 is 20.1 Å². The quantitative estimate of drug-likeness (QED) is 0.160. The van der Waals surface area contributed by atoms with Crippen LogP contribution in [0, 0.1) is 0 Å². The third kappa shape index (κ3) is 9.00. The van der Waals surface area contributed by atoms with E-state index in [0.29, 0.717) is 40.3 Å². The number of hydrogen-bond donors (Lipinski definition) is 3. The highest BCUT2D eigenvalue weighted by atomic mass is 35.5. The van der Waals surface area contributed by atoms with Gasteiger partial charge in [0.15, 0.2) is 18.1 Å². The molecule has 0 saturated heterocycles. The summed E-state index contributed by atoms with van der Waals surface area (Å²) < 4.78 is 11.2. The molecule has 3 aromatic carbocycles. The van der Waals surface area contributed by atoms with E-state index >= 15 is 0 Å². The number of nitrogens with zero attached hydrogens (tertiary/aromatic N) is 1. The molecule has 0 saturated carbocycles. The zero-order valence-electron chi connectivity index (χ0n) is 22.3. The van der Waals surface area contributed by atoms with Crippen molar-refractivity contribution in [3.8, 4) is 11.5 Å². The number of ether oxygens (including phenoxy) is 2. The summed E-state index contributed by atoms with van der Waals surface area (Å²) in [4.78, 5) is 36.6. The number of hydrazone groups is 1. The van der Waals surface area contributed by atoms with Crippen molar-refractivity contribution in [3.05, 3.63) is 87.4 Å². The summed E-state index contributed by atoms with van der Waals surface area (Å²) in [7, 11) is 0. The monoisotopic (exact) mass is 584 g/mol. The van der Waals surface area contributed by atoms with Crippen molar-refractivity contribution in [2.45, 2.75) is 33.2 Å². The summed E-state index contributed by atoms with van der Waals surface area (Å²) in [5.41, 5.74) is 5.21. The first-order chi connectivity index (χ1) is 19.2. The van der Waals surface area contributed by atoms with Crippen LogP contribution in [0.3, 0.4) is 0 Å². The fraction of sp³-hybridized carbons (Fsp3) is 0.241. The maximum atomic E-state index is 12.3. The molecule has 3 aromatic rings. The molecule has 9 nitrogen and oxygen atoms in total. The lowest BCUT2D eigenvalue weighted by molar-refractivity contribution is -0.139. The summed E-state index contributed by atoms with van der Waals surface area (Å²) in [6.07, 6.45) is 1.36. The smallest absolute Gasteiger partial charge is 0.329 e. The van der Waals surface area contributed by atoms with E-state index in [4.69, 9.17) is 32.7 Å². The lowest BCUT2D eigenvalue weighted by Crippen LogP contribution is -2.37. The van der Waals surface area contributed by atoms with Crippen LogP contribution in [0.1, 0.15) is 43.4 Å². The van der Waals surface area contributed by atoms with E-state index in [1.54, 1.807) is 43.3 Å². The Kier molecular flexibility index (Phi) is 11.4. The predicted octanol–water partition coefficient (Wildman–Crippen LogP) is 5.30. The molecule has 0 atom stereocenters. The number of nitrogens with one attached hydrogen (secondary N) is 3. The van der Waals surface area contributed by atoms with Gasteiger partial charge in [-0.3, -0.25) is 14.4 Å². The Morgan fingerprint density at radius 1 is 0.950 bits per heavy atom. The Hall–Kier alpha value is -4.08. The lowest BCUT2D eigenvalue weighted by atomic mass is 10.0. The van der Waals surface area contributed by atoms with Gasteiger partial charge in [-0.1, -0.05) is 67.4 Å². The van der Waals surface area contributed by atoms with Gasteiger partial charge in [0.1, 0.15) is 0 Å². The van der Waals surface area contributed by atoms with Crippen molar-refractivity contribution >= 4 is 52.8 Å². The second kappa shape index (κ2) is 14.9. The molecule has 0 heterocycles. The third-order valence-electron chi connectivity index (χ3n) is 5.54. The molecule has 0 spiro atoms. The molecule has 0 aromatic heterocycles. The van der Waals surface area contributed by atoms with Gasteiger partial charge >= 0.3 is 11.8 Å². The average molecular weight is 585 g/mol. The van der Waals surface area contributed by atoms with Crippen LogP contribution in [-0.4, -0.2) is 37.1 Å². The molecule has 11 heteroatoms. The maximum Gasteiger partial charge on any atom is 0.329 e. The molecule has 0 fully saturated rings. The van der Waals surface area contributed by atoms with Crippen LogP contribution in [0.4, 0.5) is 5.69 Å². The number of anilines is 1. The van der Waals surface area contributed by atoms with Gasteiger partial charge in [-0.05, 0) is 59.9 Å². The van der Waals surface area contributed by atoms with Gasteiger partial charge in [-0.15, -0.1) is 0 Å². The van der Waals surface area contributed by atoms with E-state index in [9.17, 15) is 14.4 Å². The third-order valence-corrected chi connectivity index (χ3v) is 6.36. The standard InChI is InChI=1S/C29H30Cl2N4O5/c1-4-39-25-14-20(10-13-24(25)40-17-26(36)34-23-7-5-6-22(30)27(23)31)16-33-35-29(38)28(37)32-15-19-8-11-21(12-9-19)18(2)3/h5-14,16,18H,4,15,17H2,1-3H3,(H,32,37)(H,34,36)(H,35,38)/b33-16-. The number of rotatable bonds is 11. The van der Waals surface area contributed by atoms with E-state index in [2.05, 4.69) is 35.0 Å². The predicted molar refractivity (Wildman–Crippen MR) is 156 cm³/mol. The normalized spacial score (nSPS) is 10.8. The van der Waals surface area contributed by atoms with Crippen LogP contribution < -0.4 is 25.5 Å². The molecule has 3 amide bonds. The largest absolute Gasteiger partial charge is 0.490 e. The summed E-state index contributed by atoms with van der Waals surface area (Å²) in [5, 5.41) is 9.61. The zero-order chi connectivity index (χ0) is 29.1. The fourth-order valence-electron chi connectivity index (χ4n) is 3.42. The van der Waals surface area contributed by atoms with Crippen LogP contribution in [0.2, 0.25) is 10.0 Å². The molecule has 3 N–H and O–H groups in total. The molecule has 210 valence electrons. The number of benzene rings is 3. The first kappa shape index (κ1) is 30.5. The highest BCUT2D eigenvalue weighted by molar-refractivity contribution is 6.44. The van der Waals surface area contributed by atoms with Crippen molar-refractivity contribution in [2.24, 2.45) is 5.10 Å². The summed E-state index contributed by atoms with van der Waals surface area (Å²) >= 11 is 12.1. The van der Waals surface area contributed by atoms with Crippen LogP contribution in [0.25, 0.3) is 0 Å². The van der Waals surface area contributed by atoms with Crippen molar-refractivity contribution in [2.75, 3.05) is 18.5 Å². The van der Waals surface area contributed by atoms with Crippen LogP contribution >= 0.6 is 23.2 Å². The second-order valence-corrected chi connectivity index (χ2v) is 9.64. The molecule has 0 aliphatic rings. The average Bonchev–Trinajstić information content (AvgIpc) is 2.94. The second-order valence-electron chi connectivity index (χ2n) is 8.86. The molecule has 3 rings (SSSR count). The van der Waals surface area contributed by atoms with Crippen molar-refractivity contribution in [1.29, 1.82) is 0 Å².